The zero-order valence-corrected chi connectivity index (χ0v) is 14.1. The summed E-state index contributed by atoms with van der Waals surface area (Å²) in [5, 5.41) is 4.48. The molecule has 0 aliphatic heterocycles. The van der Waals surface area contributed by atoms with E-state index in [2.05, 4.69) is 15.5 Å². The molecule has 23 heavy (non-hydrogen) atoms. The Labute approximate surface area is 144 Å². The second-order valence-electron chi connectivity index (χ2n) is 4.90. The Morgan fingerprint density at radius 1 is 1.35 bits per heavy atom. The number of benzene rings is 1. The van der Waals surface area contributed by atoms with Crippen LogP contribution in [-0.2, 0) is 0 Å². The molecule has 1 aromatic heterocycles. The molecule has 0 spiro atoms. The zero-order chi connectivity index (χ0) is 16.8. The molecular formula is C16H15Cl2N3O2. The zero-order valence-electron chi connectivity index (χ0n) is 12.6. The molecule has 0 saturated carbocycles. The van der Waals surface area contributed by atoms with E-state index in [1.165, 1.54) is 12.4 Å². The van der Waals surface area contributed by atoms with Crippen molar-refractivity contribution in [3.63, 3.8) is 0 Å². The van der Waals surface area contributed by atoms with Crippen LogP contribution >= 0.6 is 23.2 Å². The highest BCUT2D eigenvalue weighted by atomic mass is 35.5. The monoisotopic (exact) mass is 351 g/mol. The molecule has 1 amide bonds. The number of rotatable bonds is 5. The first-order valence-electron chi connectivity index (χ1n) is 6.87. The van der Waals surface area contributed by atoms with Gasteiger partial charge in [-0.15, -0.1) is 0 Å². The molecule has 0 radical (unpaired) electrons. The number of aromatic nitrogens is 1. The number of nitrogens with one attached hydrogen (secondary N) is 1. The quantitative estimate of drug-likeness (QED) is 0.504. The van der Waals surface area contributed by atoms with Crippen molar-refractivity contribution in [3.05, 3.63) is 57.8 Å². The molecule has 0 unspecified atom stereocenters. The Hall–Kier alpha value is -2.11. The number of carbonyl (C=O) groups excluding carboxylic acids is 1. The van der Waals surface area contributed by atoms with Crippen LogP contribution in [0.4, 0.5) is 0 Å². The highest BCUT2D eigenvalue weighted by Crippen LogP contribution is 2.25. The van der Waals surface area contributed by atoms with E-state index in [1.807, 2.05) is 13.8 Å². The maximum absolute atomic E-state index is 11.9. The molecule has 1 N–H and O–H groups in total. The molecule has 7 heteroatoms. The summed E-state index contributed by atoms with van der Waals surface area (Å²) in [7, 11) is 0. The predicted octanol–water partition coefficient (Wildman–Crippen LogP) is 3.94. The van der Waals surface area contributed by atoms with Gasteiger partial charge in [0.2, 0.25) is 0 Å². The average Bonchev–Trinajstić information content (AvgIpc) is 2.50. The lowest BCUT2D eigenvalue weighted by atomic mass is 10.2. The van der Waals surface area contributed by atoms with E-state index in [-0.39, 0.29) is 16.8 Å². The van der Waals surface area contributed by atoms with E-state index < -0.39 is 5.91 Å². The summed E-state index contributed by atoms with van der Waals surface area (Å²) in [4.78, 5) is 15.7. The lowest BCUT2D eigenvalue weighted by Crippen LogP contribution is -2.18. The highest BCUT2D eigenvalue weighted by molar-refractivity contribution is 6.32. The molecule has 0 fully saturated rings. The van der Waals surface area contributed by atoms with E-state index in [9.17, 15) is 4.79 Å². The largest absolute Gasteiger partial charge is 0.489 e. The van der Waals surface area contributed by atoms with Crippen LogP contribution < -0.4 is 10.2 Å². The summed E-state index contributed by atoms with van der Waals surface area (Å²) in [6, 6.07) is 8.43. The maximum atomic E-state index is 11.9. The number of halogens is 2. The standard InChI is InChI=1S/C16H15Cl2N3O2/c1-10(2)23-14-6-5-11(8-13(14)17)9-20-21-16(22)12-4-3-7-19-15(12)18/h3-10H,1-2H3,(H,21,22). The van der Waals surface area contributed by atoms with Gasteiger partial charge in [-0.3, -0.25) is 4.79 Å². The van der Waals surface area contributed by atoms with Gasteiger partial charge in [0.25, 0.3) is 5.91 Å². The lowest BCUT2D eigenvalue weighted by molar-refractivity contribution is 0.0955. The van der Waals surface area contributed by atoms with Gasteiger partial charge in [0, 0.05) is 6.20 Å². The van der Waals surface area contributed by atoms with E-state index in [0.717, 1.165) is 5.56 Å². The van der Waals surface area contributed by atoms with Gasteiger partial charge in [0.15, 0.2) is 0 Å². The fourth-order valence-corrected chi connectivity index (χ4v) is 2.17. The summed E-state index contributed by atoms with van der Waals surface area (Å²) in [6.07, 6.45) is 3.02. The van der Waals surface area contributed by atoms with Crippen molar-refractivity contribution in [3.8, 4) is 5.75 Å². The first-order chi connectivity index (χ1) is 11.0. The van der Waals surface area contributed by atoms with E-state index in [0.29, 0.717) is 10.8 Å². The number of hydrogen-bond acceptors (Lipinski definition) is 4. The molecule has 120 valence electrons. The summed E-state index contributed by atoms with van der Waals surface area (Å²) in [6.45, 7) is 3.84. The first-order valence-corrected chi connectivity index (χ1v) is 7.63. The van der Waals surface area contributed by atoms with Crippen molar-refractivity contribution in [1.82, 2.24) is 10.4 Å². The third-order valence-corrected chi connectivity index (χ3v) is 3.30. The molecule has 0 bridgehead atoms. The molecule has 2 aromatic rings. The summed E-state index contributed by atoms with van der Waals surface area (Å²) >= 11 is 12.0. The molecule has 5 nitrogen and oxygen atoms in total. The Balaban J connectivity index is 2.02. The second-order valence-corrected chi connectivity index (χ2v) is 5.66. The van der Waals surface area contributed by atoms with Gasteiger partial charge in [0.05, 0.1) is 22.9 Å². The van der Waals surface area contributed by atoms with Gasteiger partial charge in [-0.05, 0) is 49.7 Å². The van der Waals surface area contributed by atoms with Crippen LogP contribution in [-0.4, -0.2) is 23.2 Å². The molecule has 1 aromatic carbocycles. The van der Waals surface area contributed by atoms with Gasteiger partial charge in [-0.25, -0.2) is 10.4 Å². The van der Waals surface area contributed by atoms with Crippen molar-refractivity contribution >= 4 is 35.3 Å². The number of hydrogen-bond donors (Lipinski definition) is 1. The van der Waals surface area contributed by atoms with Crippen molar-refractivity contribution in [2.24, 2.45) is 5.10 Å². The van der Waals surface area contributed by atoms with E-state index in [4.69, 9.17) is 27.9 Å². The minimum absolute atomic E-state index is 0.0375. The predicted molar refractivity (Wildman–Crippen MR) is 91.5 cm³/mol. The highest BCUT2D eigenvalue weighted by Gasteiger charge is 2.09. The van der Waals surface area contributed by atoms with Gasteiger partial charge in [-0.2, -0.15) is 5.10 Å². The molecule has 1 heterocycles. The van der Waals surface area contributed by atoms with E-state index in [1.54, 1.807) is 30.3 Å². The molecule has 0 aliphatic rings. The topological polar surface area (TPSA) is 63.6 Å². The smallest absolute Gasteiger partial charge is 0.274 e. The number of pyridine rings is 1. The van der Waals surface area contributed by atoms with Crippen molar-refractivity contribution in [2.45, 2.75) is 20.0 Å². The van der Waals surface area contributed by atoms with Crippen molar-refractivity contribution in [1.29, 1.82) is 0 Å². The maximum Gasteiger partial charge on any atom is 0.274 e. The molecule has 0 saturated heterocycles. The van der Waals surface area contributed by atoms with E-state index >= 15 is 0 Å². The minimum Gasteiger partial charge on any atom is -0.489 e. The van der Waals surface area contributed by atoms with Crippen LogP contribution in [0.5, 0.6) is 5.75 Å². The van der Waals surface area contributed by atoms with Gasteiger partial charge >= 0.3 is 0 Å². The van der Waals surface area contributed by atoms with Gasteiger partial charge in [-0.1, -0.05) is 23.2 Å². The fraction of sp³-hybridized carbons (Fsp3) is 0.188. The van der Waals surface area contributed by atoms with Gasteiger partial charge in [0.1, 0.15) is 10.9 Å². The minimum atomic E-state index is -0.440. The lowest BCUT2D eigenvalue weighted by Gasteiger charge is -2.11. The van der Waals surface area contributed by atoms with Crippen LogP contribution in [0.3, 0.4) is 0 Å². The third-order valence-electron chi connectivity index (χ3n) is 2.70. The normalized spacial score (nSPS) is 11.0. The second kappa shape index (κ2) is 7.94. The van der Waals surface area contributed by atoms with Crippen molar-refractivity contribution < 1.29 is 9.53 Å². The molecule has 0 atom stereocenters. The number of hydrazone groups is 1. The summed E-state index contributed by atoms with van der Waals surface area (Å²) in [5.74, 6) is 0.162. The van der Waals surface area contributed by atoms with Crippen LogP contribution in [0, 0.1) is 0 Å². The van der Waals surface area contributed by atoms with Crippen LogP contribution in [0.2, 0.25) is 10.2 Å². The van der Waals surface area contributed by atoms with Crippen molar-refractivity contribution in [2.75, 3.05) is 0 Å². The van der Waals surface area contributed by atoms with Crippen LogP contribution in [0.15, 0.2) is 41.6 Å². The fourth-order valence-electron chi connectivity index (χ4n) is 1.73. The first kappa shape index (κ1) is 17.2. The molecular weight excluding hydrogens is 337 g/mol. The number of ether oxygens (including phenoxy) is 1. The SMILES string of the molecule is CC(C)Oc1ccc(C=NNC(=O)c2cccnc2Cl)cc1Cl. The Kier molecular flexibility index (Phi) is 5.96. The summed E-state index contributed by atoms with van der Waals surface area (Å²) < 4.78 is 5.55. The van der Waals surface area contributed by atoms with Gasteiger partial charge < -0.3 is 4.74 Å². The Morgan fingerprint density at radius 3 is 2.78 bits per heavy atom. The number of nitrogens with zero attached hydrogens (tertiary/aromatic N) is 2. The van der Waals surface area contributed by atoms with Crippen LogP contribution in [0.1, 0.15) is 29.8 Å². The molecule has 0 aliphatic carbocycles. The van der Waals surface area contributed by atoms with Crippen LogP contribution in [0.25, 0.3) is 0 Å². The average molecular weight is 352 g/mol. The number of carbonyl (C=O) groups is 1. The number of amides is 1. The summed E-state index contributed by atoms with van der Waals surface area (Å²) in [5.41, 5.74) is 3.37. The molecule has 2 rings (SSSR count). The Morgan fingerprint density at radius 2 is 2.13 bits per heavy atom. The third kappa shape index (κ3) is 4.94. The Bertz CT molecular complexity index is 733.